The number of aromatic nitrogens is 1. The van der Waals surface area contributed by atoms with Crippen molar-refractivity contribution in [3.8, 4) is 0 Å². The molecule has 0 bridgehead atoms. The highest BCUT2D eigenvalue weighted by Gasteiger charge is 2.25. The summed E-state index contributed by atoms with van der Waals surface area (Å²) < 4.78 is 28.2. The number of benzene rings is 2. The SMILES string of the molecule is CC(C)(C)c1ccc(CN(CCc2ccccn2)S(=O)(=O)c2ccc([N+](=O)[O-])cc2)cc1. The Bertz CT molecular complexity index is 1150. The molecule has 0 saturated carbocycles. The average Bonchev–Trinajstić information content (AvgIpc) is 2.77. The Labute approximate surface area is 188 Å². The van der Waals surface area contributed by atoms with E-state index in [2.05, 4.69) is 25.8 Å². The average molecular weight is 454 g/mol. The van der Waals surface area contributed by atoms with Crippen molar-refractivity contribution >= 4 is 15.7 Å². The van der Waals surface area contributed by atoms with Crippen molar-refractivity contribution in [1.29, 1.82) is 0 Å². The fourth-order valence-corrected chi connectivity index (χ4v) is 4.70. The molecular formula is C24H27N3O4S. The van der Waals surface area contributed by atoms with E-state index >= 15 is 0 Å². The van der Waals surface area contributed by atoms with Gasteiger partial charge in [0.1, 0.15) is 0 Å². The van der Waals surface area contributed by atoms with E-state index in [0.717, 1.165) is 11.3 Å². The van der Waals surface area contributed by atoms with Gasteiger partial charge in [0.25, 0.3) is 5.69 Å². The highest BCUT2D eigenvalue weighted by Crippen LogP contribution is 2.25. The molecule has 0 N–H and O–H groups in total. The van der Waals surface area contributed by atoms with Crippen LogP contribution in [-0.4, -0.2) is 29.2 Å². The highest BCUT2D eigenvalue weighted by atomic mass is 32.2. The van der Waals surface area contributed by atoms with Crippen LogP contribution in [0.25, 0.3) is 0 Å². The summed E-state index contributed by atoms with van der Waals surface area (Å²) in [6, 6.07) is 18.4. The summed E-state index contributed by atoms with van der Waals surface area (Å²) in [6.07, 6.45) is 2.13. The summed E-state index contributed by atoms with van der Waals surface area (Å²) >= 11 is 0. The van der Waals surface area contributed by atoms with E-state index in [4.69, 9.17) is 0 Å². The molecule has 0 saturated heterocycles. The normalized spacial score (nSPS) is 12.1. The van der Waals surface area contributed by atoms with Gasteiger partial charge in [-0.25, -0.2) is 8.42 Å². The van der Waals surface area contributed by atoms with Gasteiger partial charge in [0.2, 0.25) is 10.0 Å². The first-order valence-electron chi connectivity index (χ1n) is 10.3. The lowest BCUT2D eigenvalue weighted by Gasteiger charge is -2.23. The number of nitro benzene ring substituents is 1. The summed E-state index contributed by atoms with van der Waals surface area (Å²) in [7, 11) is -3.87. The monoisotopic (exact) mass is 453 g/mol. The molecule has 0 aliphatic rings. The van der Waals surface area contributed by atoms with Crippen LogP contribution in [0.15, 0.2) is 77.8 Å². The van der Waals surface area contributed by atoms with Gasteiger partial charge in [-0.15, -0.1) is 0 Å². The smallest absolute Gasteiger partial charge is 0.261 e. The van der Waals surface area contributed by atoms with Gasteiger partial charge in [0, 0.05) is 43.5 Å². The number of rotatable bonds is 8. The number of nitrogens with zero attached hydrogens (tertiary/aromatic N) is 3. The van der Waals surface area contributed by atoms with E-state index < -0.39 is 14.9 Å². The van der Waals surface area contributed by atoms with Crippen molar-refractivity contribution in [2.45, 2.75) is 44.0 Å². The van der Waals surface area contributed by atoms with Crippen molar-refractivity contribution in [3.05, 3.63) is 99.9 Å². The third kappa shape index (κ3) is 5.77. The Hall–Kier alpha value is -3.10. The number of nitro groups is 1. The highest BCUT2D eigenvalue weighted by molar-refractivity contribution is 7.89. The zero-order chi connectivity index (χ0) is 23.4. The summed E-state index contributed by atoms with van der Waals surface area (Å²) in [5.41, 5.74) is 2.67. The molecule has 32 heavy (non-hydrogen) atoms. The molecular weight excluding hydrogens is 426 g/mol. The number of pyridine rings is 1. The lowest BCUT2D eigenvalue weighted by atomic mass is 9.87. The minimum atomic E-state index is -3.87. The molecule has 7 nitrogen and oxygen atoms in total. The molecule has 1 heterocycles. The fourth-order valence-electron chi connectivity index (χ4n) is 3.27. The molecule has 3 rings (SSSR count). The van der Waals surface area contributed by atoms with Gasteiger partial charge in [0.15, 0.2) is 0 Å². The van der Waals surface area contributed by atoms with Crippen molar-refractivity contribution < 1.29 is 13.3 Å². The van der Waals surface area contributed by atoms with Gasteiger partial charge >= 0.3 is 0 Å². The van der Waals surface area contributed by atoms with E-state index in [1.807, 2.05) is 42.5 Å². The molecule has 3 aromatic rings. The van der Waals surface area contributed by atoms with Crippen molar-refractivity contribution in [2.75, 3.05) is 6.54 Å². The van der Waals surface area contributed by atoms with Gasteiger partial charge in [-0.3, -0.25) is 15.1 Å². The Balaban J connectivity index is 1.89. The molecule has 0 unspecified atom stereocenters. The first kappa shape index (κ1) is 23.6. The topological polar surface area (TPSA) is 93.4 Å². The maximum atomic E-state index is 13.4. The van der Waals surface area contributed by atoms with Crippen LogP contribution in [0.2, 0.25) is 0 Å². The van der Waals surface area contributed by atoms with Gasteiger partial charge in [0.05, 0.1) is 9.82 Å². The summed E-state index contributed by atoms with van der Waals surface area (Å²) in [5, 5.41) is 10.9. The van der Waals surface area contributed by atoms with E-state index in [9.17, 15) is 18.5 Å². The second-order valence-corrected chi connectivity index (χ2v) is 10.5. The van der Waals surface area contributed by atoms with E-state index in [0.29, 0.717) is 6.42 Å². The summed E-state index contributed by atoms with van der Waals surface area (Å²) in [5.74, 6) is 0. The third-order valence-electron chi connectivity index (χ3n) is 5.21. The molecule has 0 radical (unpaired) electrons. The van der Waals surface area contributed by atoms with E-state index in [1.54, 1.807) is 6.20 Å². The number of hydrogen-bond acceptors (Lipinski definition) is 5. The minimum Gasteiger partial charge on any atom is -0.261 e. The van der Waals surface area contributed by atoms with Crippen LogP contribution in [0.1, 0.15) is 37.6 Å². The predicted molar refractivity (Wildman–Crippen MR) is 124 cm³/mol. The number of non-ortho nitro benzene ring substituents is 1. The van der Waals surface area contributed by atoms with Crippen LogP contribution in [-0.2, 0) is 28.4 Å². The molecule has 168 valence electrons. The van der Waals surface area contributed by atoms with Crippen molar-refractivity contribution in [1.82, 2.24) is 9.29 Å². The van der Waals surface area contributed by atoms with Crippen LogP contribution in [0.4, 0.5) is 5.69 Å². The summed E-state index contributed by atoms with van der Waals surface area (Å²) in [4.78, 5) is 14.7. The molecule has 8 heteroatoms. The largest absolute Gasteiger partial charge is 0.269 e. The molecule has 0 spiro atoms. The summed E-state index contributed by atoms with van der Waals surface area (Å²) in [6.45, 7) is 6.80. The Kier molecular flexibility index (Phi) is 7.06. The molecule has 0 aliphatic heterocycles. The Morgan fingerprint density at radius 3 is 2.16 bits per heavy atom. The Morgan fingerprint density at radius 2 is 1.62 bits per heavy atom. The van der Waals surface area contributed by atoms with Crippen LogP contribution >= 0.6 is 0 Å². The molecule has 1 aromatic heterocycles. The minimum absolute atomic E-state index is 0.00201. The molecule has 0 aliphatic carbocycles. The Morgan fingerprint density at radius 1 is 0.969 bits per heavy atom. The van der Waals surface area contributed by atoms with E-state index in [1.165, 1.54) is 34.1 Å². The van der Waals surface area contributed by atoms with Gasteiger partial charge in [-0.05, 0) is 40.8 Å². The van der Waals surface area contributed by atoms with Crippen LogP contribution in [0, 0.1) is 10.1 Å². The zero-order valence-electron chi connectivity index (χ0n) is 18.4. The van der Waals surface area contributed by atoms with Crippen LogP contribution < -0.4 is 0 Å². The maximum Gasteiger partial charge on any atom is 0.269 e. The molecule has 0 amide bonds. The van der Waals surface area contributed by atoms with Crippen molar-refractivity contribution in [2.24, 2.45) is 0 Å². The van der Waals surface area contributed by atoms with Gasteiger partial charge in [-0.2, -0.15) is 4.31 Å². The third-order valence-corrected chi connectivity index (χ3v) is 7.07. The molecule has 2 aromatic carbocycles. The number of hydrogen-bond donors (Lipinski definition) is 0. The lowest BCUT2D eigenvalue weighted by molar-refractivity contribution is -0.384. The lowest BCUT2D eigenvalue weighted by Crippen LogP contribution is -2.32. The van der Waals surface area contributed by atoms with Crippen molar-refractivity contribution in [3.63, 3.8) is 0 Å². The van der Waals surface area contributed by atoms with Crippen LogP contribution in [0.3, 0.4) is 0 Å². The first-order valence-corrected chi connectivity index (χ1v) is 11.8. The number of sulfonamides is 1. The molecule has 0 atom stereocenters. The van der Waals surface area contributed by atoms with Gasteiger partial charge < -0.3 is 0 Å². The maximum absolute atomic E-state index is 13.4. The molecule has 0 fully saturated rings. The zero-order valence-corrected chi connectivity index (χ0v) is 19.2. The van der Waals surface area contributed by atoms with Crippen LogP contribution in [0.5, 0.6) is 0 Å². The van der Waals surface area contributed by atoms with E-state index in [-0.39, 0.29) is 29.1 Å². The first-order chi connectivity index (χ1) is 15.1. The quantitative estimate of drug-likeness (QED) is 0.363. The standard InChI is InChI=1S/C24H27N3O4S/c1-24(2,3)20-9-7-19(8-10-20)18-26(17-15-21-6-4-5-16-25-21)32(30,31)23-13-11-22(12-14-23)27(28)29/h4-14,16H,15,17-18H2,1-3H3. The second-order valence-electron chi connectivity index (χ2n) is 8.61. The fraction of sp³-hybridized carbons (Fsp3) is 0.292. The van der Waals surface area contributed by atoms with Gasteiger partial charge in [-0.1, -0.05) is 51.1 Å². The second kappa shape index (κ2) is 9.58. The predicted octanol–water partition coefficient (Wildman–Crippen LogP) is 4.72.